The molecule has 0 aliphatic rings. The average molecular weight is 573 g/mol. The molecular formula is C35H20N6OS. The van der Waals surface area contributed by atoms with Gasteiger partial charge in [0.05, 0.1) is 27.5 Å². The van der Waals surface area contributed by atoms with Crippen LogP contribution in [0.4, 0.5) is 0 Å². The number of aromatic nitrogens is 6. The molecule has 0 aliphatic heterocycles. The van der Waals surface area contributed by atoms with E-state index in [0.29, 0.717) is 27.9 Å². The lowest BCUT2D eigenvalue weighted by Gasteiger charge is -2.11. The highest BCUT2D eigenvalue weighted by atomic mass is 32.1. The predicted molar refractivity (Wildman–Crippen MR) is 173 cm³/mol. The minimum Gasteiger partial charge on any atom is -0.277 e. The summed E-state index contributed by atoms with van der Waals surface area (Å²) in [5.41, 5.74) is 4.91. The quantitative estimate of drug-likeness (QED) is 0.217. The third-order valence-corrected chi connectivity index (χ3v) is 8.85. The summed E-state index contributed by atoms with van der Waals surface area (Å²) in [6.45, 7) is 0. The van der Waals surface area contributed by atoms with E-state index in [1.807, 2.05) is 114 Å². The van der Waals surface area contributed by atoms with Crippen molar-refractivity contribution in [3.8, 4) is 28.7 Å². The maximum atomic E-state index is 14.5. The summed E-state index contributed by atoms with van der Waals surface area (Å²) in [7, 11) is 0. The van der Waals surface area contributed by atoms with E-state index in [1.54, 1.807) is 4.40 Å². The molecule has 7 nitrogen and oxygen atoms in total. The topological polar surface area (TPSA) is 78.0 Å². The second-order valence-corrected chi connectivity index (χ2v) is 11.3. The van der Waals surface area contributed by atoms with E-state index >= 15 is 0 Å². The minimum atomic E-state index is -0.118. The van der Waals surface area contributed by atoms with Gasteiger partial charge < -0.3 is 0 Å². The number of hydrogen-bond acceptors (Lipinski definition) is 6. The summed E-state index contributed by atoms with van der Waals surface area (Å²) in [5, 5.41) is 2.58. The Morgan fingerprint density at radius 3 is 1.91 bits per heavy atom. The van der Waals surface area contributed by atoms with Gasteiger partial charge in [-0.2, -0.15) is 9.97 Å². The molecule has 0 fully saturated rings. The van der Waals surface area contributed by atoms with Gasteiger partial charge >= 0.3 is 0 Å². The van der Waals surface area contributed by atoms with Gasteiger partial charge in [-0.1, -0.05) is 108 Å². The second-order valence-electron chi connectivity index (χ2n) is 10.3. The molecule has 9 aromatic rings. The maximum Gasteiger partial charge on any atom is 0.268 e. The highest BCUT2D eigenvalue weighted by Crippen LogP contribution is 2.37. The van der Waals surface area contributed by atoms with Crippen LogP contribution >= 0.6 is 11.3 Å². The molecule has 0 spiro atoms. The summed E-state index contributed by atoms with van der Waals surface area (Å²) in [6.07, 6.45) is 0. The van der Waals surface area contributed by atoms with Crippen molar-refractivity contribution in [1.82, 2.24) is 28.9 Å². The predicted octanol–water partition coefficient (Wildman–Crippen LogP) is 7.68. The number of fused-ring (bicyclic) bond motifs is 8. The van der Waals surface area contributed by atoms with Crippen LogP contribution in [0, 0.1) is 0 Å². The van der Waals surface area contributed by atoms with Gasteiger partial charge in [-0.15, -0.1) is 0 Å². The van der Waals surface area contributed by atoms with E-state index in [1.165, 1.54) is 11.3 Å². The molecule has 5 aromatic carbocycles. The molecule has 0 bridgehead atoms. The number of benzene rings is 5. The number of rotatable bonds is 3. The Morgan fingerprint density at radius 1 is 0.558 bits per heavy atom. The Labute approximate surface area is 248 Å². The molecule has 8 heteroatoms. The zero-order valence-corrected chi connectivity index (χ0v) is 23.4. The van der Waals surface area contributed by atoms with E-state index < -0.39 is 0 Å². The smallest absolute Gasteiger partial charge is 0.268 e. The first kappa shape index (κ1) is 23.9. The molecule has 9 rings (SSSR count). The lowest BCUT2D eigenvalue weighted by Crippen LogP contribution is -2.13. The SMILES string of the molecule is O=c1c2c(ccc3c4ccccc4n(-c4nc(-c5ccccc5)nc(-c5ccccc5)n4)c32)sc2nc3ccccc3n12. The molecule has 4 heterocycles. The van der Waals surface area contributed by atoms with Crippen molar-refractivity contribution >= 4 is 59.2 Å². The molecule has 43 heavy (non-hydrogen) atoms. The van der Waals surface area contributed by atoms with Gasteiger partial charge in [0.15, 0.2) is 16.6 Å². The van der Waals surface area contributed by atoms with Crippen LogP contribution in [0.3, 0.4) is 0 Å². The molecule has 0 N–H and O–H groups in total. The first-order valence-electron chi connectivity index (χ1n) is 13.9. The molecule has 0 atom stereocenters. The van der Waals surface area contributed by atoms with Crippen molar-refractivity contribution in [1.29, 1.82) is 0 Å². The fourth-order valence-corrected chi connectivity index (χ4v) is 6.95. The lowest BCUT2D eigenvalue weighted by molar-refractivity contribution is 0.954. The number of imidazole rings is 1. The fraction of sp³-hybridized carbons (Fsp3) is 0. The molecular weight excluding hydrogens is 552 g/mol. The van der Waals surface area contributed by atoms with E-state index in [4.69, 9.17) is 19.9 Å². The average Bonchev–Trinajstić information content (AvgIpc) is 3.61. The Hall–Kier alpha value is -5.73. The van der Waals surface area contributed by atoms with Crippen molar-refractivity contribution in [2.75, 3.05) is 0 Å². The molecule has 0 unspecified atom stereocenters. The standard InChI is InChI=1S/C35H20N6OS/c42-33-29-28(43-35-36-25-16-8-10-18-27(25)41(33)35)20-19-24-23-15-7-9-17-26(23)40(30(24)29)34-38-31(21-11-3-1-4-12-21)37-32(39-34)22-13-5-2-6-14-22/h1-20H. The van der Waals surface area contributed by atoms with Crippen molar-refractivity contribution in [2.24, 2.45) is 0 Å². The largest absolute Gasteiger partial charge is 0.277 e. The van der Waals surface area contributed by atoms with Crippen LogP contribution in [0.5, 0.6) is 0 Å². The van der Waals surface area contributed by atoms with Crippen LogP contribution in [0.1, 0.15) is 0 Å². The molecule has 0 saturated carbocycles. The summed E-state index contributed by atoms with van der Waals surface area (Å²) in [6, 6.07) is 39.8. The zero-order valence-electron chi connectivity index (χ0n) is 22.5. The summed E-state index contributed by atoms with van der Waals surface area (Å²) in [4.78, 5) is 34.9. The maximum absolute atomic E-state index is 14.5. The van der Waals surface area contributed by atoms with Crippen LogP contribution in [0.15, 0.2) is 126 Å². The summed E-state index contributed by atoms with van der Waals surface area (Å²) in [5.74, 6) is 1.57. The molecule has 4 aromatic heterocycles. The Morgan fingerprint density at radius 2 is 1.19 bits per heavy atom. The van der Waals surface area contributed by atoms with Gasteiger partial charge in [0.2, 0.25) is 5.95 Å². The van der Waals surface area contributed by atoms with Crippen molar-refractivity contribution in [2.45, 2.75) is 0 Å². The van der Waals surface area contributed by atoms with Gasteiger partial charge in [0.1, 0.15) is 0 Å². The van der Waals surface area contributed by atoms with Crippen LogP contribution in [-0.4, -0.2) is 28.9 Å². The fourth-order valence-electron chi connectivity index (χ4n) is 5.91. The Bertz CT molecular complexity index is 2530. The lowest BCUT2D eigenvalue weighted by atomic mass is 10.1. The number of nitrogens with zero attached hydrogens (tertiary/aromatic N) is 6. The third-order valence-electron chi connectivity index (χ3n) is 7.83. The van der Waals surface area contributed by atoms with Crippen molar-refractivity contribution in [3.05, 3.63) is 132 Å². The molecule has 0 aliphatic carbocycles. The Kier molecular flexibility index (Phi) is 5.08. The van der Waals surface area contributed by atoms with E-state index in [9.17, 15) is 4.79 Å². The van der Waals surface area contributed by atoms with Gasteiger partial charge in [-0.05, 0) is 24.3 Å². The molecule has 202 valence electrons. The summed E-state index contributed by atoms with van der Waals surface area (Å²) >= 11 is 1.51. The van der Waals surface area contributed by atoms with Crippen LogP contribution < -0.4 is 5.56 Å². The van der Waals surface area contributed by atoms with Crippen molar-refractivity contribution in [3.63, 3.8) is 0 Å². The Balaban J connectivity index is 1.46. The molecule has 0 radical (unpaired) electrons. The van der Waals surface area contributed by atoms with Gasteiger partial charge in [-0.25, -0.2) is 14.4 Å². The first-order valence-corrected chi connectivity index (χ1v) is 14.7. The highest BCUT2D eigenvalue weighted by Gasteiger charge is 2.22. The zero-order chi connectivity index (χ0) is 28.5. The summed E-state index contributed by atoms with van der Waals surface area (Å²) < 4.78 is 4.60. The van der Waals surface area contributed by atoms with Crippen LogP contribution in [-0.2, 0) is 0 Å². The van der Waals surface area contributed by atoms with Gasteiger partial charge in [-0.3, -0.25) is 9.36 Å². The normalized spacial score (nSPS) is 11.8. The molecule has 0 amide bonds. The second kappa shape index (κ2) is 9.14. The van der Waals surface area contributed by atoms with Gasteiger partial charge in [0, 0.05) is 26.6 Å². The van der Waals surface area contributed by atoms with Crippen LogP contribution in [0.25, 0.3) is 76.6 Å². The van der Waals surface area contributed by atoms with E-state index in [0.717, 1.165) is 48.7 Å². The van der Waals surface area contributed by atoms with E-state index in [-0.39, 0.29) is 5.56 Å². The highest BCUT2D eigenvalue weighted by molar-refractivity contribution is 7.23. The molecule has 0 saturated heterocycles. The van der Waals surface area contributed by atoms with Gasteiger partial charge in [0.25, 0.3) is 5.56 Å². The van der Waals surface area contributed by atoms with Crippen molar-refractivity contribution < 1.29 is 0 Å². The third kappa shape index (κ3) is 3.57. The number of para-hydroxylation sites is 3. The minimum absolute atomic E-state index is 0.118. The first-order chi connectivity index (χ1) is 21.2. The van der Waals surface area contributed by atoms with E-state index in [2.05, 4.69) is 12.1 Å². The van der Waals surface area contributed by atoms with Crippen LogP contribution in [0.2, 0.25) is 0 Å². The monoisotopic (exact) mass is 572 g/mol. The number of hydrogen-bond donors (Lipinski definition) is 0.